The predicted molar refractivity (Wildman–Crippen MR) is 65.7 cm³/mol. The Morgan fingerprint density at radius 2 is 1.00 bits per heavy atom. The highest BCUT2D eigenvalue weighted by molar-refractivity contribution is 8.07. The monoisotopic (exact) mass is 234 g/mol. The predicted octanol–water partition coefficient (Wildman–Crippen LogP) is 4.42. The van der Waals surface area contributed by atoms with E-state index in [1.165, 1.54) is 24.1 Å². The molecule has 0 unspecified atom stereocenters. The smallest absolute Gasteiger partial charge is 0.0447 e. The summed E-state index contributed by atoms with van der Waals surface area (Å²) in [5.41, 5.74) is 0. The molecule has 0 aromatic heterocycles. The van der Waals surface area contributed by atoms with E-state index in [-0.39, 0.29) is 0 Å². The van der Waals surface area contributed by atoms with Gasteiger partial charge in [0.2, 0.25) is 0 Å². The quantitative estimate of drug-likeness (QED) is 0.725. The summed E-state index contributed by atoms with van der Waals surface area (Å²) >= 11 is 2.76. The second-order valence-electron chi connectivity index (χ2n) is 2.86. The maximum absolute atomic E-state index is 5.44. The van der Waals surface area contributed by atoms with Crippen LogP contribution in [0.1, 0.15) is 0 Å². The molecule has 0 N–H and O–H groups in total. The van der Waals surface area contributed by atoms with E-state index in [9.17, 15) is 0 Å². The topological polar surface area (TPSA) is 9.23 Å². The van der Waals surface area contributed by atoms with Crippen molar-refractivity contribution in [1.29, 1.82) is 0 Å². The number of benzene rings is 2. The van der Waals surface area contributed by atoms with Gasteiger partial charge in [0.25, 0.3) is 0 Å². The summed E-state index contributed by atoms with van der Waals surface area (Å²) in [7, 11) is 0. The second kappa shape index (κ2) is 5.85. The van der Waals surface area contributed by atoms with Crippen LogP contribution < -0.4 is 0 Å². The van der Waals surface area contributed by atoms with Crippen LogP contribution in [-0.2, 0) is 3.63 Å². The van der Waals surface area contributed by atoms with Crippen molar-refractivity contribution in [2.45, 2.75) is 9.79 Å². The van der Waals surface area contributed by atoms with Crippen LogP contribution in [0.15, 0.2) is 70.5 Å². The highest BCUT2D eigenvalue weighted by Gasteiger charge is 1.95. The van der Waals surface area contributed by atoms with Gasteiger partial charge in [-0.2, -0.15) is 0 Å². The summed E-state index contributed by atoms with van der Waals surface area (Å²) in [6.07, 6.45) is 0. The van der Waals surface area contributed by atoms with Crippen molar-refractivity contribution < 1.29 is 3.63 Å². The van der Waals surface area contributed by atoms with Gasteiger partial charge in [-0.15, -0.1) is 0 Å². The average molecular weight is 234 g/mol. The van der Waals surface area contributed by atoms with Crippen molar-refractivity contribution in [3.63, 3.8) is 0 Å². The first kappa shape index (κ1) is 10.6. The molecule has 2 aromatic rings. The molecule has 1 nitrogen and oxygen atoms in total. The van der Waals surface area contributed by atoms with E-state index in [1.54, 1.807) is 0 Å². The third-order valence-corrected chi connectivity index (χ3v) is 3.22. The fourth-order valence-corrected chi connectivity index (χ4v) is 2.35. The molecule has 2 aromatic carbocycles. The zero-order valence-corrected chi connectivity index (χ0v) is 9.63. The van der Waals surface area contributed by atoms with E-state index >= 15 is 0 Å². The molecule has 0 aliphatic carbocycles. The highest BCUT2D eigenvalue weighted by atomic mass is 32.2. The van der Waals surface area contributed by atoms with Crippen LogP contribution in [0, 0.1) is 0 Å². The van der Waals surface area contributed by atoms with E-state index in [0.717, 1.165) is 9.79 Å². The summed E-state index contributed by atoms with van der Waals surface area (Å²) in [5.74, 6) is 0. The Bertz CT molecular complexity index is 349. The zero-order valence-electron chi connectivity index (χ0n) is 8.00. The molecular weight excluding hydrogens is 224 g/mol. The molecule has 0 saturated heterocycles. The summed E-state index contributed by atoms with van der Waals surface area (Å²) in [5, 5.41) is 0. The molecule has 0 aliphatic heterocycles. The van der Waals surface area contributed by atoms with E-state index in [4.69, 9.17) is 3.63 Å². The molecule has 0 atom stereocenters. The van der Waals surface area contributed by atoms with Gasteiger partial charge in [-0.3, -0.25) is 0 Å². The maximum Gasteiger partial charge on any atom is 0.0447 e. The standard InChI is InChI=1S/C12H10OS2/c1-3-7-11(8-4-1)14-13-15-12-9-5-2-6-10-12/h1-10H. The van der Waals surface area contributed by atoms with Crippen molar-refractivity contribution in [3.8, 4) is 0 Å². The van der Waals surface area contributed by atoms with Crippen LogP contribution in [0.5, 0.6) is 0 Å². The summed E-state index contributed by atoms with van der Waals surface area (Å²) < 4.78 is 5.44. The van der Waals surface area contributed by atoms with Gasteiger partial charge in [0.15, 0.2) is 0 Å². The van der Waals surface area contributed by atoms with Crippen LogP contribution in [-0.4, -0.2) is 0 Å². The van der Waals surface area contributed by atoms with Crippen molar-refractivity contribution in [2.24, 2.45) is 0 Å². The SMILES string of the molecule is c1ccc(SOSc2ccccc2)cc1. The molecule has 15 heavy (non-hydrogen) atoms. The van der Waals surface area contributed by atoms with Crippen molar-refractivity contribution >= 4 is 24.1 Å². The Hall–Kier alpha value is -0.900. The summed E-state index contributed by atoms with van der Waals surface area (Å²) in [6.45, 7) is 0. The Balaban J connectivity index is 1.81. The van der Waals surface area contributed by atoms with Gasteiger partial charge in [-0.05, 0) is 24.3 Å². The lowest BCUT2D eigenvalue weighted by Gasteiger charge is -2.00. The lowest BCUT2D eigenvalue weighted by Crippen LogP contribution is -1.71. The summed E-state index contributed by atoms with van der Waals surface area (Å²) in [6, 6.07) is 20.1. The first-order chi connectivity index (χ1) is 7.45. The van der Waals surface area contributed by atoms with Crippen LogP contribution in [0.4, 0.5) is 0 Å². The molecule has 0 heterocycles. The van der Waals surface area contributed by atoms with Gasteiger partial charge in [0.05, 0.1) is 0 Å². The second-order valence-corrected chi connectivity index (χ2v) is 4.68. The molecule has 0 bridgehead atoms. The summed E-state index contributed by atoms with van der Waals surface area (Å²) in [4.78, 5) is 2.22. The van der Waals surface area contributed by atoms with Crippen LogP contribution >= 0.6 is 24.1 Å². The molecule has 0 aliphatic rings. The van der Waals surface area contributed by atoms with Gasteiger partial charge < -0.3 is 0 Å². The van der Waals surface area contributed by atoms with Gasteiger partial charge in [0, 0.05) is 33.9 Å². The first-order valence-corrected chi connectivity index (χ1v) is 6.05. The van der Waals surface area contributed by atoms with Gasteiger partial charge in [-0.25, -0.2) is 3.63 Å². The van der Waals surface area contributed by atoms with E-state index < -0.39 is 0 Å². The zero-order chi connectivity index (χ0) is 10.3. The maximum atomic E-state index is 5.44. The lowest BCUT2D eigenvalue weighted by molar-refractivity contribution is 0.757. The molecule has 2 rings (SSSR count). The Morgan fingerprint density at radius 3 is 1.40 bits per heavy atom. The number of hydrogen-bond acceptors (Lipinski definition) is 3. The fourth-order valence-electron chi connectivity index (χ4n) is 1.05. The molecule has 0 spiro atoms. The van der Waals surface area contributed by atoms with Crippen LogP contribution in [0.2, 0.25) is 0 Å². The lowest BCUT2D eigenvalue weighted by atomic mass is 10.4. The molecule has 3 heteroatoms. The molecular formula is C12H10OS2. The van der Waals surface area contributed by atoms with Crippen molar-refractivity contribution in [3.05, 3.63) is 60.7 Å². The van der Waals surface area contributed by atoms with Gasteiger partial charge in [0.1, 0.15) is 0 Å². The third-order valence-electron chi connectivity index (χ3n) is 1.75. The van der Waals surface area contributed by atoms with Gasteiger partial charge >= 0.3 is 0 Å². The molecule has 0 radical (unpaired) electrons. The molecule has 0 amide bonds. The largest absolute Gasteiger partial charge is 0.237 e. The number of hydrogen-bond donors (Lipinski definition) is 0. The molecule has 0 fully saturated rings. The van der Waals surface area contributed by atoms with Crippen LogP contribution in [0.3, 0.4) is 0 Å². The Morgan fingerprint density at radius 1 is 0.600 bits per heavy atom. The van der Waals surface area contributed by atoms with Crippen molar-refractivity contribution in [2.75, 3.05) is 0 Å². The fraction of sp³-hybridized carbons (Fsp3) is 0. The van der Waals surface area contributed by atoms with Gasteiger partial charge in [-0.1, -0.05) is 36.4 Å². The Kier molecular flexibility index (Phi) is 4.14. The minimum absolute atomic E-state index is 1.11. The number of rotatable bonds is 4. The van der Waals surface area contributed by atoms with E-state index in [1.807, 2.05) is 60.7 Å². The molecule has 0 saturated carbocycles. The highest BCUT2D eigenvalue weighted by Crippen LogP contribution is 2.28. The van der Waals surface area contributed by atoms with E-state index in [0.29, 0.717) is 0 Å². The van der Waals surface area contributed by atoms with Crippen LogP contribution in [0.25, 0.3) is 0 Å². The molecule has 76 valence electrons. The normalized spacial score (nSPS) is 10.1. The minimum Gasteiger partial charge on any atom is -0.237 e. The first-order valence-electron chi connectivity index (χ1n) is 4.56. The van der Waals surface area contributed by atoms with Crippen molar-refractivity contribution in [1.82, 2.24) is 0 Å². The van der Waals surface area contributed by atoms with E-state index in [2.05, 4.69) is 0 Å². The third kappa shape index (κ3) is 3.63. The minimum atomic E-state index is 1.11. The average Bonchev–Trinajstić information content (AvgIpc) is 2.32. The Labute approximate surface area is 98.3 Å².